The molecule has 1 unspecified atom stereocenters. The Kier molecular flexibility index (Phi) is 14.6. The predicted octanol–water partition coefficient (Wildman–Crippen LogP) is 3.69. The molecule has 0 radical (unpaired) electrons. The number of rotatable bonds is 16. The van der Waals surface area contributed by atoms with Gasteiger partial charge in [-0.25, -0.2) is 4.79 Å². The highest BCUT2D eigenvalue weighted by Crippen LogP contribution is 2.28. The summed E-state index contributed by atoms with van der Waals surface area (Å²) in [5, 5.41) is 0. The first-order valence-electron chi connectivity index (χ1n) is 14.9. The Morgan fingerprint density at radius 2 is 1.23 bits per heavy atom. The number of nitrogens with two attached hydrogens (primary N) is 1. The molecule has 0 aliphatic carbocycles. The van der Waals surface area contributed by atoms with Crippen LogP contribution in [0.3, 0.4) is 0 Å². The van der Waals surface area contributed by atoms with Gasteiger partial charge in [0.05, 0.1) is 6.61 Å². The van der Waals surface area contributed by atoms with Crippen LogP contribution in [0.4, 0.5) is 0 Å². The molecule has 5 atom stereocenters. The topological polar surface area (TPSA) is 167 Å². The van der Waals surface area contributed by atoms with Crippen molar-refractivity contribution >= 4 is 29.8 Å². The first-order valence-corrected chi connectivity index (χ1v) is 14.9. The number of hydrogen-bond donors (Lipinski definition) is 1. The van der Waals surface area contributed by atoms with E-state index in [2.05, 4.69) is 0 Å². The monoisotopic (exact) mass is 607 g/mol. The van der Waals surface area contributed by atoms with Gasteiger partial charge in [-0.1, -0.05) is 39.8 Å². The van der Waals surface area contributed by atoms with E-state index in [0.29, 0.717) is 43.4 Å². The van der Waals surface area contributed by atoms with Gasteiger partial charge < -0.3 is 34.2 Å². The second-order valence-electron chi connectivity index (χ2n) is 10.8. The molecular formula is C31H45NO11. The van der Waals surface area contributed by atoms with Gasteiger partial charge in [0.25, 0.3) is 0 Å². The fraction of sp³-hybridized carbons (Fsp3) is 0.645. The number of carbonyl (C=O) groups excluding carboxylic acids is 5. The van der Waals surface area contributed by atoms with Crippen molar-refractivity contribution in [2.75, 3.05) is 6.61 Å². The molecule has 1 fully saturated rings. The fourth-order valence-electron chi connectivity index (χ4n) is 4.27. The lowest BCUT2D eigenvalue weighted by molar-refractivity contribution is -0.277. The van der Waals surface area contributed by atoms with Crippen LogP contribution >= 0.6 is 0 Å². The SMILES string of the molecule is CCCC(=O)Oc1ccc(C[C@@](C)(N)C(=O)O[C@@H]2OCC(OC(=O)CCC)[C@H](OC(=O)CCC)[C@H]2OC(=O)CCC)cc1. The van der Waals surface area contributed by atoms with Gasteiger partial charge in [0, 0.05) is 32.1 Å². The van der Waals surface area contributed by atoms with E-state index in [0.717, 1.165) is 0 Å². The van der Waals surface area contributed by atoms with E-state index in [9.17, 15) is 24.0 Å². The standard InChI is InChI=1S/C31H45NO11/c1-6-10-23(33)39-21-16-14-20(15-17-21)18-31(5,32)30(37)43-29-28(42-26(36)13-9-4)27(41-25(35)12-8-3)22(19-38-29)40-24(34)11-7-2/h14-17,22,27-29H,6-13,18-19,32H2,1-5H3/t22?,27-,28+,29-,31+/m0/s1. The van der Waals surface area contributed by atoms with E-state index in [4.69, 9.17) is 34.2 Å². The Labute approximate surface area is 252 Å². The van der Waals surface area contributed by atoms with E-state index in [-0.39, 0.29) is 38.3 Å². The number of hydrogen-bond acceptors (Lipinski definition) is 12. The summed E-state index contributed by atoms with van der Waals surface area (Å²) >= 11 is 0. The number of benzene rings is 1. The largest absolute Gasteiger partial charge is 0.456 e. The van der Waals surface area contributed by atoms with Crippen LogP contribution in [0.15, 0.2) is 24.3 Å². The predicted molar refractivity (Wildman–Crippen MR) is 153 cm³/mol. The van der Waals surface area contributed by atoms with Gasteiger partial charge in [-0.3, -0.25) is 19.2 Å². The highest BCUT2D eigenvalue weighted by molar-refractivity contribution is 5.81. The van der Waals surface area contributed by atoms with Crippen molar-refractivity contribution in [2.45, 2.75) is 123 Å². The van der Waals surface area contributed by atoms with Crippen LogP contribution in [0.25, 0.3) is 0 Å². The van der Waals surface area contributed by atoms with Crippen LogP contribution in [-0.4, -0.2) is 66.6 Å². The molecule has 1 heterocycles. The van der Waals surface area contributed by atoms with Gasteiger partial charge in [0.15, 0.2) is 12.2 Å². The first-order chi connectivity index (χ1) is 20.4. The molecule has 0 saturated carbocycles. The van der Waals surface area contributed by atoms with Crippen molar-refractivity contribution in [3.05, 3.63) is 29.8 Å². The van der Waals surface area contributed by atoms with Gasteiger partial charge in [-0.15, -0.1) is 0 Å². The zero-order valence-electron chi connectivity index (χ0n) is 25.8. The normalized spacial score (nSPS) is 21.2. The number of carbonyl (C=O) groups is 5. The molecule has 0 spiro atoms. The highest BCUT2D eigenvalue weighted by atomic mass is 16.7. The number of ether oxygens (including phenoxy) is 6. The summed E-state index contributed by atoms with van der Waals surface area (Å²) in [6.07, 6.45) is -2.51. The Morgan fingerprint density at radius 1 is 0.744 bits per heavy atom. The lowest BCUT2D eigenvalue weighted by atomic mass is 9.94. The maximum atomic E-state index is 13.3. The van der Waals surface area contributed by atoms with Gasteiger partial charge in [0.1, 0.15) is 11.3 Å². The third-order valence-corrected chi connectivity index (χ3v) is 6.43. The minimum absolute atomic E-state index is 0.0471. The molecule has 0 bridgehead atoms. The molecule has 43 heavy (non-hydrogen) atoms. The molecule has 12 nitrogen and oxygen atoms in total. The van der Waals surface area contributed by atoms with Crippen LogP contribution in [0.5, 0.6) is 5.75 Å². The lowest BCUT2D eigenvalue weighted by Gasteiger charge is -2.40. The zero-order chi connectivity index (χ0) is 32.0. The molecule has 0 amide bonds. The molecular weight excluding hydrogens is 562 g/mol. The second kappa shape index (κ2) is 17.6. The van der Waals surface area contributed by atoms with Crippen molar-refractivity contribution in [1.82, 2.24) is 0 Å². The molecule has 12 heteroatoms. The second-order valence-corrected chi connectivity index (χ2v) is 10.8. The Hall–Kier alpha value is -3.51. The summed E-state index contributed by atoms with van der Waals surface area (Å²) < 4.78 is 33.4. The molecule has 1 aromatic rings. The quantitative estimate of drug-likeness (QED) is 0.165. The van der Waals surface area contributed by atoms with Crippen LogP contribution in [0.1, 0.15) is 91.5 Å². The van der Waals surface area contributed by atoms with Crippen molar-refractivity contribution in [1.29, 1.82) is 0 Å². The van der Waals surface area contributed by atoms with E-state index in [1.807, 2.05) is 13.8 Å². The Balaban J connectivity index is 2.25. The average molecular weight is 608 g/mol. The Morgan fingerprint density at radius 3 is 1.77 bits per heavy atom. The van der Waals surface area contributed by atoms with E-state index in [1.54, 1.807) is 38.1 Å². The smallest absolute Gasteiger partial charge is 0.328 e. The van der Waals surface area contributed by atoms with Crippen LogP contribution in [-0.2, 0) is 54.1 Å². The molecule has 1 saturated heterocycles. The number of esters is 5. The van der Waals surface area contributed by atoms with E-state index in [1.165, 1.54) is 6.92 Å². The van der Waals surface area contributed by atoms with Gasteiger partial charge in [-0.05, 0) is 50.3 Å². The lowest BCUT2D eigenvalue weighted by Crippen LogP contribution is -2.60. The average Bonchev–Trinajstić information content (AvgIpc) is 2.93. The molecule has 0 aromatic heterocycles. The Bertz CT molecular complexity index is 1090. The van der Waals surface area contributed by atoms with Crippen molar-refractivity contribution in [3.8, 4) is 5.75 Å². The summed E-state index contributed by atoms with van der Waals surface area (Å²) in [6, 6.07) is 6.57. The zero-order valence-corrected chi connectivity index (χ0v) is 25.8. The minimum atomic E-state index is -1.55. The maximum absolute atomic E-state index is 13.3. The summed E-state index contributed by atoms with van der Waals surface area (Å²) in [7, 11) is 0. The molecule has 240 valence electrons. The van der Waals surface area contributed by atoms with Gasteiger partial charge >= 0.3 is 29.8 Å². The molecule has 1 aliphatic heterocycles. The van der Waals surface area contributed by atoms with Crippen molar-refractivity contribution in [2.24, 2.45) is 5.73 Å². The van der Waals surface area contributed by atoms with Crippen LogP contribution in [0.2, 0.25) is 0 Å². The first kappa shape index (κ1) is 35.7. The summed E-state index contributed by atoms with van der Waals surface area (Å²) in [6.45, 7) is 8.45. The van der Waals surface area contributed by atoms with Gasteiger partial charge in [-0.2, -0.15) is 0 Å². The van der Waals surface area contributed by atoms with E-state index >= 15 is 0 Å². The third-order valence-electron chi connectivity index (χ3n) is 6.43. The molecule has 1 aliphatic rings. The summed E-state index contributed by atoms with van der Waals surface area (Å²) in [5.41, 5.74) is 5.48. The van der Waals surface area contributed by atoms with Crippen molar-refractivity contribution in [3.63, 3.8) is 0 Å². The minimum Gasteiger partial charge on any atom is -0.456 e. The van der Waals surface area contributed by atoms with E-state index < -0.39 is 54.0 Å². The fourth-order valence-corrected chi connectivity index (χ4v) is 4.27. The van der Waals surface area contributed by atoms with Crippen LogP contribution in [0, 0.1) is 0 Å². The molecule has 1 aromatic carbocycles. The molecule has 2 rings (SSSR count). The summed E-state index contributed by atoms with van der Waals surface area (Å²) in [5.74, 6) is -2.61. The van der Waals surface area contributed by atoms with Crippen LogP contribution < -0.4 is 10.5 Å². The van der Waals surface area contributed by atoms with Crippen molar-refractivity contribution < 1.29 is 52.4 Å². The van der Waals surface area contributed by atoms with Gasteiger partial charge in [0.2, 0.25) is 12.4 Å². The third kappa shape index (κ3) is 11.6. The summed E-state index contributed by atoms with van der Waals surface area (Å²) in [4.78, 5) is 62.5. The highest BCUT2D eigenvalue weighted by Gasteiger charge is 2.50. The maximum Gasteiger partial charge on any atom is 0.328 e. The molecule has 2 N–H and O–H groups in total.